The third-order valence-corrected chi connectivity index (χ3v) is 3.01. The van der Waals surface area contributed by atoms with Gasteiger partial charge in [-0.25, -0.2) is 0 Å². The summed E-state index contributed by atoms with van der Waals surface area (Å²) >= 11 is 11.6. The number of anilines is 1. The first-order chi connectivity index (χ1) is 8.15. The second-order valence-corrected chi connectivity index (χ2v) is 5.11. The Hall–Kier alpha value is -1.46. The number of benzene rings is 1. The van der Waals surface area contributed by atoms with E-state index in [1.165, 1.54) is 26.0 Å². The van der Waals surface area contributed by atoms with E-state index in [9.17, 15) is 9.59 Å². The van der Waals surface area contributed by atoms with Crippen LogP contribution in [-0.4, -0.2) is 17.4 Å². The van der Waals surface area contributed by atoms with E-state index >= 15 is 0 Å². The van der Waals surface area contributed by atoms with Gasteiger partial charge in [0.25, 0.3) is 5.91 Å². The Bertz CT molecular complexity index is 492. The lowest BCUT2D eigenvalue weighted by atomic mass is 10.0. The van der Waals surface area contributed by atoms with Gasteiger partial charge in [-0.05, 0) is 26.0 Å². The van der Waals surface area contributed by atoms with Crippen molar-refractivity contribution in [1.29, 1.82) is 0 Å². The molecule has 0 aromatic heterocycles. The number of carbonyl (C=O) groups excluding carboxylic acids is 2. The first-order valence-electron chi connectivity index (χ1n) is 5.02. The quantitative estimate of drug-likeness (QED) is 0.737. The highest BCUT2D eigenvalue weighted by molar-refractivity contribution is 6.39. The van der Waals surface area contributed by atoms with Crippen molar-refractivity contribution in [2.24, 2.45) is 5.73 Å². The van der Waals surface area contributed by atoms with Crippen LogP contribution in [0.25, 0.3) is 0 Å². The molecular formula is C11H13Cl2N3O2. The van der Waals surface area contributed by atoms with E-state index in [4.69, 9.17) is 34.7 Å². The minimum Gasteiger partial charge on any atom is -0.396 e. The molecule has 0 unspecified atom stereocenters. The lowest BCUT2D eigenvalue weighted by molar-refractivity contribution is -0.122. The van der Waals surface area contributed by atoms with Crippen molar-refractivity contribution in [3.63, 3.8) is 0 Å². The van der Waals surface area contributed by atoms with Gasteiger partial charge in [-0.2, -0.15) is 0 Å². The third-order valence-electron chi connectivity index (χ3n) is 2.38. The van der Waals surface area contributed by atoms with Gasteiger partial charge in [0.05, 0.1) is 15.7 Å². The molecule has 5 N–H and O–H groups in total. The van der Waals surface area contributed by atoms with Gasteiger partial charge in [0.15, 0.2) is 0 Å². The Morgan fingerprint density at radius 3 is 2.06 bits per heavy atom. The summed E-state index contributed by atoms with van der Waals surface area (Å²) in [6, 6.07) is 2.74. The van der Waals surface area contributed by atoms with E-state index in [0.29, 0.717) is 0 Å². The number of amides is 2. The maximum Gasteiger partial charge on any atom is 0.252 e. The smallest absolute Gasteiger partial charge is 0.252 e. The maximum absolute atomic E-state index is 11.9. The fourth-order valence-electron chi connectivity index (χ4n) is 1.13. The van der Waals surface area contributed by atoms with Gasteiger partial charge >= 0.3 is 0 Å². The van der Waals surface area contributed by atoms with Gasteiger partial charge in [0.1, 0.15) is 5.54 Å². The van der Waals surface area contributed by atoms with Crippen molar-refractivity contribution in [2.45, 2.75) is 19.4 Å². The zero-order valence-electron chi connectivity index (χ0n) is 9.88. The van der Waals surface area contributed by atoms with Crippen molar-refractivity contribution in [2.75, 3.05) is 5.73 Å². The fourth-order valence-corrected chi connectivity index (χ4v) is 1.62. The zero-order valence-corrected chi connectivity index (χ0v) is 11.4. The summed E-state index contributed by atoms with van der Waals surface area (Å²) in [7, 11) is 0. The largest absolute Gasteiger partial charge is 0.396 e. The van der Waals surface area contributed by atoms with Crippen LogP contribution in [0.5, 0.6) is 0 Å². The lowest BCUT2D eigenvalue weighted by Gasteiger charge is -2.22. The van der Waals surface area contributed by atoms with E-state index in [1.54, 1.807) is 0 Å². The number of nitrogen functional groups attached to an aromatic ring is 1. The number of halogens is 2. The van der Waals surface area contributed by atoms with Gasteiger partial charge in [0.2, 0.25) is 5.91 Å². The highest BCUT2D eigenvalue weighted by atomic mass is 35.5. The molecule has 0 fully saturated rings. The number of primary amides is 1. The first kappa shape index (κ1) is 14.6. The summed E-state index contributed by atoms with van der Waals surface area (Å²) in [6.07, 6.45) is 0. The highest BCUT2D eigenvalue weighted by Gasteiger charge is 2.27. The first-order valence-corrected chi connectivity index (χ1v) is 5.77. The number of rotatable bonds is 3. The summed E-state index contributed by atoms with van der Waals surface area (Å²) in [5.41, 5.74) is 9.94. The molecule has 0 aliphatic heterocycles. The van der Waals surface area contributed by atoms with Crippen LogP contribution in [0.15, 0.2) is 12.1 Å². The molecular weight excluding hydrogens is 277 g/mol. The minimum atomic E-state index is -1.17. The van der Waals surface area contributed by atoms with Crippen LogP contribution in [-0.2, 0) is 4.79 Å². The molecule has 0 saturated heterocycles. The molecule has 0 radical (unpaired) electrons. The van der Waals surface area contributed by atoms with Gasteiger partial charge in [-0.1, -0.05) is 23.2 Å². The highest BCUT2D eigenvalue weighted by Crippen LogP contribution is 2.28. The number of nitrogens with one attached hydrogen (secondary N) is 1. The SMILES string of the molecule is CC(C)(NC(=O)c1cc(Cl)c(N)c(Cl)c1)C(N)=O. The number of nitrogens with two attached hydrogens (primary N) is 2. The average molecular weight is 290 g/mol. The predicted octanol–water partition coefficient (Wildman–Crippen LogP) is 1.57. The predicted molar refractivity (Wildman–Crippen MR) is 71.6 cm³/mol. The molecule has 5 nitrogen and oxygen atoms in total. The van der Waals surface area contributed by atoms with E-state index in [2.05, 4.69) is 5.32 Å². The summed E-state index contributed by atoms with van der Waals surface area (Å²) in [4.78, 5) is 23.0. The van der Waals surface area contributed by atoms with Gasteiger partial charge in [0, 0.05) is 5.56 Å². The van der Waals surface area contributed by atoms with Crippen LogP contribution in [0.4, 0.5) is 5.69 Å². The van der Waals surface area contributed by atoms with Crippen molar-refractivity contribution >= 4 is 40.7 Å². The molecule has 0 aliphatic rings. The van der Waals surface area contributed by atoms with Crippen molar-refractivity contribution < 1.29 is 9.59 Å². The van der Waals surface area contributed by atoms with Crippen LogP contribution < -0.4 is 16.8 Å². The topological polar surface area (TPSA) is 98.2 Å². The molecule has 0 heterocycles. The Morgan fingerprint density at radius 1 is 1.22 bits per heavy atom. The van der Waals surface area contributed by atoms with Crippen LogP contribution in [0.2, 0.25) is 10.0 Å². The minimum absolute atomic E-state index is 0.171. The van der Waals surface area contributed by atoms with Gasteiger partial charge in [-0.15, -0.1) is 0 Å². The van der Waals surface area contributed by atoms with Crippen LogP contribution >= 0.6 is 23.2 Å². The van der Waals surface area contributed by atoms with E-state index in [-0.39, 0.29) is 21.3 Å². The Kier molecular flexibility index (Phi) is 4.09. The standard InChI is InChI=1S/C11H13Cl2N3O2/c1-11(2,10(15)18)16-9(17)5-3-6(12)8(14)7(13)4-5/h3-4H,14H2,1-2H3,(H2,15,18)(H,16,17). The molecule has 1 aromatic rings. The van der Waals surface area contributed by atoms with Crippen LogP contribution in [0.3, 0.4) is 0 Å². The second-order valence-electron chi connectivity index (χ2n) is 4.30. The second kappa shape index (κ2) is 5.04. The Morgan fingerprint density at radius 2 is 1.67 bits per heavy atom. The lowest BCUT2D eigenvalue weighted by Crippen LogP contribution is -2.53. The molecule has 7 heteroatoms. The summed E-state index contributed by atoms with van der Waals surface area (Å²) < 4.78 is 0. The monoisotopic (exact) mass is 289 g/mol. The summed E-state index contributed by atoms with van der Waals surface area (Å²) in [5.74, 6) is -1.16. The number of hydrogen-bond acceptors (Lipinski definition) is 3. The fraction of sp³-hybridized carbons (Fsp3) is 0.273. The molecule has 0 aliphatic carbocycles. The van der Waals surface area contributed by atoms with Gasteiger partial charge in [-0.3, -0.25) is 9.59 Å². The molecule has 98 valence electrons. The van der Waals surface area contributed by atoms with Gasteiger partial charge < -0.3 is 16.8 Å². The van der Waals surface area contributed by atoms with Crippen molar-refractivity contribution in [3.8, 4) is 0 Å². The Labute approximate surface area is 114 Å². The molecule has 0 saturated carbocycles. The van der Waals surface area contributed by atoms with Crippen LogP contribution in [0, 0.1) is 0 Å². The summed E-state index contributed by atoms with van der Waals surface area (Å²) in [6.45, 7) is 2.99. The molecule has 18 heavy (non-hydrogen) atoms. The zero-order chi connectivity index (χ0) is 14.1. The van der Waals surface area contributed by atoms with Crippen molar-refractivity contribution in [1.82, 2.24) is 5.32 Å². The van der Waals surface area contributed by atoms with Crippen molar-refractivity contribution in [3.05, 3.63) is 27.7 Å². The van der Waals surface area contributed by atoms with E-state index in [0.717, 1.165) is 0 Å². The van der Waals surface area contributed by atoms with Crippen LogP contribution in [0.1, 0.15) is 24.2 Å². The number of hydrogen-bond donors (Lipinski definition) is 3. The average Bonchev–Trinajstić information content (AvgIpc) is 2.24. The molecule has 2 amide bonds. The normalized spacial score (nSPS) is 11.1. The molecule has 0 spiro atoms. The molecule has 1 rings (SSSR count). The Balaban J connectivity index is 3.03. The maximum atomic E-state index is 11.9. The third kappa shape index (κ3) is 3.05. The molecule has 0 atom stereocenters. The van der Waals surface area contributed by atoms with E-state index in [1.807, 2.05) is 0 Å². The summed E-state index contributed by atoms with van der Waals surface area (Å²) in [5, 5.41) is 2.82. The van der Waals surface area contributed by atoms with E-state index < -0.39 is 17.4 Å². The number of carbonyl (C=O) groups is 2. The molecule has 1 aromatic carbocycles. The molecule has 0 bridgehead atoms.